The first-order chi connectivity index (χ1) is 6.52. The summed E-state index contributed by atoms with van der Waals surface area (Å²) in [6, 6.07) is 0. The van der Waals surface area contributed by atoms with Crippen LogP contribution in [-0.2, 0) is 4.74 Å². The van der Waals surface area contributed by atoms with Gasteiger partial charge in [-0.15, -0.1) is 4.58 Å². The molecule has 0 bridgehead atoms. The van der Waals surface area contributed by atoms with Gasteiger partial charge in [-0.3, -0.25) is 10.1 Å². The van der Waals surface area contributed by atoms with E-state index < -0.39 is 17.2 Å². The molecule has 76 valence electrons. The minimum Gasteiger partial charge on any atom is -0.440 e. The number of amidine groups is 1. The van der Waals surface area contributed by atoms with E-state index in [0.29, 0.717) is 0 Å². The van der Waals surface area contributed by atoms with Crippen molar-refractivity contribution in [3.05, 3.63) is 10.1 Å². The summed E-state index contributed by atoms with van der Waals surface area (Å²) < 4.78 is 5.77. The van der Waals surface area contributed by atoms with Crippen LogP contribution >= 0.6 is 0 Å². The number of carbonyl (C=O) groups excluding carboxylic acids is 1. The molecule has 1 atom stereocenters. The van der Waals surface area contributed by atoms with Crippen molar-refractivity contribution in [3.63, 3.8) is 0 Å². The van der Waals surface area contributed by atoms with Gasteiger partial charge in [0, 0.05) is 0 Å². The molecule has 1 aliphatic rings. The molecule has 0 fully saturated rings. The summed E-state index contributed by atoms with van der Waals surface area (Å²) >= 11 is 0. The van der Waals surface area contributed by atoms with Crippen LogP contribution in [0.2, 0.25) is 0 Å². The van der Waals surface area contributed by atoms with Crippen molar-refractivity contribution in [3.8, 4) is 0 Å². The van der Waals surface area contributed by atoms with Crippen molar-refractivity contribution in [2.75, 3.05) is 13.7 Å². The van der Waals surface area contributed by atoms with Crippen LogP contribution < -0.4 is 5.73 Å². The lowest BCUT2D eigenvalue weighted by atomic mass is 10.5. The van der Waals surface area contributed by atoms with Crippen LogP contribution in [0.15, 0.2) is 4.99 Å². The molecule has 0 aromatic heterocycles. The normalized spacial score (nSPS) is 19.9. The van der Waals surface area contributed by atoms with Gasteiger partial charge in [0.15, 0.2) is 12.8 Å². The minimum absolute atomic E-state index is 0.0975. The average Bonchev–Trinajstić information content (AvgIpc) is 2.43. The zero-order chi connectivity index (χ0) is 10.7. The van der Waals surface area contributed by atoms with Crippen molar-refractivity contribution in [1.29, 1.82) is 0 Å². The van der Waals surface area contributed by atoms with Crippen LogP contribution in [0.4, 0.5) is 4.79 Å². The molecule has 1 amide bonds. The predicted octanol–water partition coefficient (Wildman–Crippen LogP) is -1.19. The lowest BCUT2D eigenvalue weighted by Crippen LogP contribution is -2.31. The van der Waals surface area contributed by atoms with Gasteiger partial charge in [-0.2, -0.15) is 0 Å². The number of primary amides is 1. The highest BCUT2D eigenvalue weighted by atomic mass is 16.6. The molecule has 0 spiro atoms. The van der Waals surface area contributed by atoms with Crippen LogP contribution in [0.5, 0.6) is 0 Å². The van der Waals surface area contributed by atoms with Gasteiger partial charge in [-0.05, 0) is 0 Å². The molecule has 0 radical (unpaired) electrons. The van der Waals surface area contributed by atoms with E-state index in [9.17, 15) is 14.9 Å². The molecule has 14 heavy (non-hydrogen) atoms. The predicted molar refractivity (Wildman–Crippen MR) is 46.0 cm³/mol. The fourth-order valence-electron chi connectivity index (χ4n) is 0.984. The Morgan fingerprint density at radius 3 is 3.00 bits per heavy atom. The maximum absolute atomic E-state index is 10.4. The number of amides is 1. The van der Waals surface area contributed by atoms with Gasteiger partial charge in [0.2, 0.25) is 0 Å². The van der Waals surface area contributed by atoms with E-state index in [2.05, 4.69) is 9.73 Å². The lowest BCUT2D eigenvalue weighted by Gasteiger charge is -2.02. The standard InChI is InChI=1S/C6H8N4O4/c1-9-4(3-14-6(7)11)8-2-5(9)10(12)13/h2,4H,3H2,1H3,(H-,7,11)/p+1. The summed E-state index contributed by atoms with van der Waals surface area (Å²) in [6.45, 7) is -0.0975. The van der Waals surface area contributed by atoms with E-state index >= 15 is 0 Å². The zero-order valence-corrected chi connectivity index (χ0v) is 7.41. The second-order valence-electron chi connectivity index (χ2n) is 2.62. The molecule has 0 saturated carbocycles. The van der Waals surface area contributed by atoms with Gasteiger partial charge in [0.1, 0.15) is 12.0 Å². The Morgan fingerprint density at radius 2 is 2.57 bits per heavy atom. The van der Waals surface area contributed by atoms with Crippen LogP contribution in [0.3, 0.4) is 0 Å². The molecule has 0 saturated heterocycles. The first kappa shape index (κ1) is 10.1. The Kier molecular flexibility index (Phi) is 2.75. The minimum atomic E-state index is -0.928. The average molecular weight is 201 g/mol. The van der Waals surface area contributed by atoms with Crippen LogP contribution in [0.1, 0.15) is 0 Å². The molecular weight excluding hydrogens is 192 g/mol. The second kappa shape index (κ2) is 3.81. The first-order valence-electron chi connectivity index (χ1n) is 3.72. The molecule has 8 heteroatoms. The summed E-state index contributed by atoms with van der Waals surface area (Å²) in [7, 11) is 1.49. The Bertz CT molecular complexity index is 335. The Labute approximate surface area is 78.8 Å². The molecule has 1 heterocycles. The third-order valence-electron chi connectivity index (χ3n) is 1.73. The Hall–Kier alpha value is -1.99. The highest BCUT2D eigenvalue weighted by molar-refractivity contribution is 6.23. The van der Waals surface area contributed by atoms with Crippen LogP contribution in [0.25, 0.3) is 0 Å². The van der Waals surface area contributed by atoms with Gasteiger partial charge in [-0.25, -0.2) is 9.79 Å². The molecule has 1 aliphatic heterocycles. The van der Waals surface area contributed by atoms with Crippen molar-refractivity contribution >= 4 is 18.1 Å². The summed E-state index contributed by atoms with van der Waals surface area (Å²) in [6.07, 6.45) is -0.374. The maximum atomic E-state index is 10.4. The third kappa shape index (κ3) is 2.03. The fraction of sp³-hybridized carbons (Fsp3) is 0.500. The van der Waals surface area contributed by atoms with Crippen molar-refractivity contribution in [1.82, 2.24) is 0 Å². The smallest absolute Gasteiger partial charge is 0.440 e. The number of nitrogens with two attached hydrogens (primary N) is 1. The van der Waals surface area contributed by atoms with E-state index in [4.69, 9.17) is 5.73 Å². The first-order valence-corrected chi connectivity index (χ1v) is 3.72. The summed E-state index contributed by atoms with van der Waals surface area (Å²) in [5, 5.41) is 10.4. The molecule has 1 rings (SSSR count). The number of hydrogen-bond donors (Lipinski definition) is 1. The largest absolute Gasteiger partial charge is 0.516 e. The quantitative estimate of drug-likeness (QED) is 0.344. The number of likely N-dealkylation sites (N-methyl/N-ethyl adjacent to an activating group) is 1. The van der Waals surface area contributed by atoms with Gasteiger partial charge in [0.05, 0.1) is 0 Å². The fourth-order valence-corrected chi connectivity index (χ4v) is 0.984. The van der Waals surface area contributed by atoms with Crippen molar-refractivity contribution in [2.45, 2.75) is 6.17 Å². The highest BCUT2D eigenvalue weighted by Crippen LogP contribution is 2.00. The maximum Gasteiger partial charge on any atom is 0.516 e. The van der Waals surface area contributed by atoms with Gasteiger partial charge >= 0.3 is 11.9 Å². The lowest BCUT2D eigenvalue weighted by molar-refractivity contribution is -0.575. The highest BCUT2D eigenvalue weighted by Gasteiger charge is 2.35. The van der Waals surface area contributed by atoms with Gasteiger partial charge in [0.25, 0.3) is 6.17 Å². The number of nitro groups is 1. The molecule has 2 N–H and O–H groups in total. The van der Waals surface area contributed by atoms with E-state index in [1.807, 2.05) is 0 Å². The zero-order valence-electron chi connectivity index (χ0n) is 7.41. The molecule has 0 aromatic rings. The van der Waals surface area contributed by atoms with E-state index in [-0.39, 0.29) is 12.4 Å². The van der Waals surface area contributed by atoms with Crippen molar-refractivity contribution < 1.29 is 19.0 Å². The number of hydrogen-bond acceptors (Lipinski definition) is 5. The molecule has 8 nitrogen and oxygen atoms in total. The van der Waals surface area contributed by atoms with E-state index in [1.54, 1.807) is 0 Å². The van der Waals surface area contributed by atoms with Crippen LogP contribution in [-0.4, -0.2) is 47.5 Å². The van der Waals surface area contributed by atoms with Crippen molar-refractivity contribution in [2.24, 2.45) is 10.7 Å². The molecular formula is C6H9N4O4+. The Morgan fingerprint density at radius 1 is 1.93 bits per heavy atom. The number of ether oxygens (including phenoxy) is 1. The Balaban J connectivity index is 2.64. The molecule has 0 aliphatic carbocycles. The number of carbonyl (C=O) groups is 1. The van der Waals surface area contributed by atoms with E-state index in [0.717, 1.165) is 6.21 Å². The van der Waals surface area contributed by atoms with Crippen LogP contribution in [0, 0.1) is 10.1 Å². The molecule has 1 unspecified atom stereocenters. The number of rotatable bonds is 2. The second-order valence-corrected chi connectivity index (χ2v) is 2.62. The number of aliphatic imine (C=N–C) groups is 1. The summed E-state index contributed by atoms with van der Waals surface area (Å²) in [5.74, 6) is -0.136. The third-order valence-corrected chi connectivity index (χ3v) is 1.73. The topological polar surface area (TPSA) is 111 Å². The van der Waals surface area contributed by atoms with E-state index in [1.165, 1.54) is 11.6 Å². The molecule has 0 aromatic carbocycles. The van der Waals surface area contributed by atoms with Gasteiger partial charge < -0.3 is 10.5 Å². The number of nitrogens with zero attached hydrogens (tertiary/aromatic N) is 3. The monoisotopic (exact) mass is 201 g/mol. The summed E-state index contributed by atoms with van der Waals surface area (Å²) in [4.78, 5) is 23.9. The van der Waals surface area contributed by atoms with Gasteiger partial charge in [-0.1, -0.05) is 0 Å². The SMILES string of the molecule is C[N+]1=C([N+](=O)[O-])C=NC1COC(N)=O. The summed E-state index contributed by atoms with van der Waals surface area (Å²) in [5.41, 5.74) is 4.74.